The summed E-state index contributed by atoms with van der Waals surface area (Å²) in [7, 11) is 3.76. The van der Waals surface area contributed by atoms with Gasteiger partial charge in [-0.3, -0.25) is 4.90 Å². The first kappa shape index (κ1) is 26.3. The molecular weight excluding hydrogens is 471 g/mol. The Hall–Kier alpha value is -2.72. The van der Waals surface area contributed by atoms with E-state index in [1.54, 1.807) is 18.1 Å². The van der Waals surface area contributed by atoms with E-state index in [0.717, 1.165) is 37.6 Å². The van der Waals surface area contributed by atoms with Gasteiger partial charge in [0, 0.05) is 63.6 Å². The maximum Gasteiger partial charge on any atom is 0.412 e. The van der Waals surface area contributed by atoms with Crippen molar-refractivity contribution < 1.29 is 22.7 Å². The van der Waals surface area contributed by atoms with Crippen LogP contribution in [0.4, 0.5) is 29.3 Å². The Labute approximate surface area is 211 Å². The van der Waals surface area contributed by atoms with Crippen molar-refractivity contribution in [3.63, 3.8) is 0 Å². The van der Waals surface area contributed by atoms with Gasteiger partial charge in [0.15, 0.2) is 0 Å². The molecule has 2 saturated heterocycles. The van der Waals surface area contributed by atoms with Crippen LogP contribution in [0.2, 0.25) is 0 Å². The SMILES string of the molecule is COc1ccc(NC(=O)N2CCN(CCC3CC=CC=C3C(F)(F)F)CC2)cc1N1CCN(C)CC1. The van der Waals surface area contributed by atoms with Gasteiger partial charge in [0.25, 0.3) is 0 Å². The third kappa shape index (κ3) is 6.53. The quantitative estimate of drug-likeness (QED) is 0.630. The number of carbonyl (C=O) groups excluding carboxylic acids is 1. The van der Waals surface area contributed by atoms with Crippen molar-refractivity contribution in [2.75, 3.05) is 83.3 Å². The molecule has 1 unspecified atom stereocenters. The second-order valence-corrected chi connectivity index (χ2v) is 9.71. The Morgan fingerprint density at radius 1 is 1.08 bits per heavy atom. The third-order valence-corrected chi connectivity index (χ3v) is 7.33. The molecule has 0 bridgehead atoms. The molecule has 2 aliphatic heterocycles. The first-order chi connectivity index (χ1) is 17.2. The van der Waals surface area contributed by atoms with Crippen LogP contribution in [0.5, 0.6) is 5.75 Å². The van der Waals surface area contributed by atoms with E-state index in [9.17, 15) is 18.0 Å². The Bertz CT molecular complexity index is 965. The number of likely N-dealkylation sites (N-methyl/N-ethyl adjacent to an activating group) is 1. The number of hydrogen-bond acceptors (Lipinski definition) is 5. The number of halogens is 3. The first-order valence-corrected chi connectivity index (χ1v) is 12.6. The van der Waals surface area contributed by atoms with E-state index in [1.807, 2.05) is 18.2 Å². The third-order valence-electron chi connectivity index (χ3n) is 7.33. The molecule has 1 N–H and O–H groups in total. The van der Waals surface area contributed by atoms with E-state index in [4.69, 9.17) is 4.74 Å². The molecule has 0 radical (unpaired) electrons. The number of allylic oxidation sites excluding steroid dienone is 4. The van der Waals surface area contributed by atoms with Crippen LogP contribution >= 0.6 is 0 Å². The fourth-order valence-electron chi connectivity index (χ4n) is 5.05. The standard InChI is InChI=1S/C26H36F3N5O2/c1-31-11-15-33(16-12-31)23-19-21(7-8-24(23)36-2)30-25(35)34-17-13-32(14-18-34)10-9-20-5-3-4-6-22(20)26(27,28)29/h3-4,6-8,19-20H,5,9-18H2,1-2H3,(H,30,35). The molecule has 1 aromatic carbocycles. The van der Waals surface area contributed by atoms with Crippen LogP contribution in [0.1, 0.15) is 12.8 Å². The lowest BCUT2D eigenvalue weighted by Crippen LogP contribution is -2.50. The van der Waals surface area contributed by atoms with Crippen LogP contribution in [0.3, 0.4) is 0 Å². The summed E-state index contributed by atoms with van der Waals surface area (Å²) in [5, 5.41) is 3.01. The molecule has 1 atom stereocenters. The number of alkyl halides is 3. The molecular formula is C26H36F3N5O2. The fourth-order valence-corrected chi connectivity index (χ4v) is 5.05. The van der Waals surface area contributed by atoms with Crippen LogP contribution in [0.25, 0.3) is 0 Å². The molecule has 4 rings (SSSR count). The van der Waals surface area contributed by atoms with E-state index in [2.05, 4.69) is 27.1 Å². The maximum absolute atomic E-state index is 13.3. The van der Waals surface area contributed by atoms with Gasteiger partial charge in [-0.15, -0.1) is 0 Å². The predicted molar refractivity (Wildman–Crippen MR) is 136 cm³/mol. The maximum atomic E-state index is 13.3. The van der Waals surface area contributed by atoms with E-state index in [1.165, 1.54) is 12.2 Å². The van der Waals surface area contributed by atoms with Gasteiger partial charge < -0.3 is 24.8 Å². The summed E-state index contributed by atoms with van der Waals surface area (Å²) in [6, 6.07) is 5.52. The molecule has 7 nitrogen and oxygen atoms in total. The van der Waals surface area contributed by atoms with Crippen molar-refractivity contribution in [3.05, 3.63) is 42.0 Å². The highest BCUT2D eigenvalue weighted by Crippen LogP contribution is 2.37. The Morgan fingerprint density at radius 3 is 2.47 bits per heavy atom. The lowest BCUT2D eigenvalue weighted by Gasteiger charge is -2.36. The topological polar surface area (TPSA) is 51.3 Å². The Kier molecular flexibility index (Phi) is 8.46. The summed E-state index contributed by atoms with van der Waals surface area (Å²) in [4.78, 5) is 21.4. The number of benzene rings is 1. The number of piperazine rings is 2. The van der Waals surface area contributed by atoms with E-state index in [0.29, 0.717) is 51.3 Å². The number of anilines is 2. The average Bonchev–Trinajstić information content (AvgIpc) is 2.88. The largest absolute Gasteiger partial charge is 0.495 e. The zero-order valence-corrected chi connectivity index (χ0v) is 21.1. The number of rotatable bonds is 6. The van der Waals surface area contributed by atoms with Crippen LogP contribution < -0.4 is 15.0 Å². The van der Waals surface area contributed by atoms with Crippen molar-refractivity contribution >= 4 is 17.4 Å². The summed E-state index contributed by atoms with van der Waals surface area (Å²) in [5.41, 5.74) is 1.26. The normalized spacial score (nSPS) is 21.9. The molecule has 2 fully saturated rings. The van der Waals surface area contributed by atoms with E-state index >= 15 is 0 Å². The second kappa shape index (κ2) is 11.6. The minimum absolute atomic E-state index is 0.163. The second-order valence-electron chi connectivity index (χ2n) is 9.71. The number of urea groups is 1. The van der Waals surface area contributed by atoms with E-state index in [-0.39, 0.29) is 6.03 Å². The summed E-state index contributed by atoms with van der Waals surface area (Å²) < 4.78 is 45.4. The molecule has 0 aromatic heterocycles. The van der Waals surface area contributed by atoms with Crippen molar-refractivity contribution in [1.29, 1.82) is 0 Å². The number of nitrogens with one attached hydrogen (secondary N) is 1. The zero-order valence-electron chi connectivity index (χ0n) is 21.1. The van der Waals surface area contributed by atoms with Gasteiger partial charge in [-0.05, 0) is 50.6 Å². The fraction of sp³-hybridized carbons (Fsp3) is 0.577. The van der Waals surface area contributed by atoms with Gasteiger partial charge in [-0.25, -0.2) is 4.79 Å². The van der Waals surface area contributed by atoms with Crippen molar-refractivity contribution in [2.45, 2.75) is 19.0 Å². The highest BCUT2D eigenvalue weighted by Gasteiger charge is 2.38. The van der Waals surface area contributed by atoms with Gasteiger partial charge in [-0.2, -0.15) is 13.2 Å². The highest BCUT2D eigenvalue weighted by molar-refractivity contribution is 5.90. The van der Waals surface area contributed by atoms with Crippen molar-refractivity contribution in [2.24, 2.45) is 5.92 Å². The van der Waals surface area contributed by atoms with Crippen LogP contribution in [-0.4, -0.2) is 100.0 Å². The Morgan fingerprint density at radius 2 is 1.81 bits per heavy atom. The summed E-state index contributed by atoms with van der Waals surface area (Å²) in [6.07, 6.45) is 1.10. The van der Waals surface area contributed by atoms with E-state index < -0.39 is 17.7 Å². The Balaban J connectivity index is 1.27. The number of hydrogen-bond donors (Lipinski definition) is 1. The van der Waals surface area contributed by atoms with Crippen LogP contribution in [0.15, 0.2) is 42.0 Å². The number of nitrogens with zero attached hydrogens (tertiary/aromatic N) is 4. The lowest BCUT2D eigenvalue weighted by molar-refractivity contribution is -0.0997. The molecule has 0 spiro atoms. The lowest BCUT2D eigenvalue weighted by atomic mass is 9.88. The average molecular weight is 508 g/mol. The van der Waals surface area contributed by atoms with Gasteiger partial charge in [0.1, 0.15) is 5.75 Å². The van der Waals surface area contributed by atoms with Gasteiger partial charge in [-0.1, -0.05) is 18.2 Å². The molecule has 0 saturated carbocycles. The minimum atomic E-state index is -4.28. The molecule has 36 heavy (non-hydrogen) atoms. The first-order valence-electron chi connectivity index (χ1n) is 12.6. The minimum Gasteiger partial charge on any atom is -0.495 e. The number of amides is 2. The van der Waals surface area contributed by atoms with Gasteiger partial charge in [0.05, 0.1) is 12.8 Å². The summed E-state index contributed by atoms with van der Waals surface area (Å²) in [5.74, 6) is 0.282. The summed E-state index contributed by atoms with van der Waals surface area (Å²) >= 11 is 0. The molecule has 1 aliphatic carbocycles. The molecule has 198 valence electrons. The predicted octanol–water partition coefficient (Wildman–Crippen LogP) is 4.05. The summed E-state index contributed by atoms with van der Waals surface area (Å²) in [6.45, 7) is 6.69. The van der Waals surface area contributed by atoms with Gasteiger partial charge >= 0.3 is 12.2 Å². The monoisotopic (exact) mass is 507 g/mol. The number of methoxy groups -OCH3 is 1. The van der Waals surface area contributed by atoms with Crippen LogP contribution in [0, 0.1) is 5.92 Å². The number of carbonyl (C=O) groups is 1. The van der Waals surface area contributed by atoms with Crippen LogP contribution in [-0.2, 0) is 0 Å². The van der Waals surface area contributed by atoms with Crippen molar-refractivity contribution in [1.82, 2.24) is 14.7 Å². The molecule has 1 aromatic rings. The molecule has 2 heterocycles. The smallest absolute Gasteiger partial charge is 0.412 e. The highest BCUT2D eigenvalue weighted by atomic mass is 19.4. The number of ether oxygens (including phenoxy) is 1. The van der Waals surface area contributed by atoms with Crippen molar-refractivity contribution in [3.8, 4) is 5.75 Å². The molecule has 10 heteroatoms. The zero-order chi connectivity index (χ0) is 25.7. The molecule has 2 amide bonds. The molecule has 3 aliphatic rings. The van der Waals surface area contributed by atoms with Gasteiger partial charge in [0.2, 0.25) is 0 Å².